The van der Waals surface area contributed by atoms with Crippen molar-refractivity contribution in [2.24, 2.45) is 0 Å². The van der Waals surface area contributed by atoms with Gasteiger partial charge < -0.3 is 16.4 Å². The zero-order valence-corrected chi connectivity index (χ0v) is 12.7. The molecule has 0 unspecified atom stereocenters. The molecular weight excluding hydrogens is 303 g/mol. The summed E-state index contributed by atoms with van der Waals surface area (Å²) in [5, 5.41) is 16.8. The number of anilines is 4. The number of nitro groups is 1. The molecule has 1 heterocycles. The van der Waals surface area contributed by atoms with Gasteiger partial charge in [-0.25, -0.2) is 4.39 Å². The molecule has 1 aromatic heterocycles. The summed E-state index contributed by atoms with van der Waals surface area (Å²) in [6, 6.07) is 5.84. The fourth-order valence-electron chi connectivity index (χ4n) is 1.82. The first-order valence-corrected chi connectivity index (χ1v) is 7.02. The first kappa shape index (κ1) is 16.4. The molecule has 1 atom stereocenters. The normalized spacial score (nSPS) is 11.8. The molecule has 1 aromatic carbocycles. The quantitative estimate of drug-likeness (QED) is 0.552. The zero-order valence-electron chi connectivity index (χ0n) is 12.7. The molecule has 2 rings (SSSR count). The van der Waals surface area contributed by atoms with Crippen LogP contribution in [0.15, 0.2) is 24.3 Å². The molecule has 8 nitrogen and oxygen atoms in total. The number of rotatable bonds is 6. The summed E-state index contributed by atoms with van der Waals surface area (Å²) in [5.74, 6) is -0.884. The number of nitrogen functional groups attached to an aromatic ring is 1. The summed E-state index contributed by atoms with van der Waals surface area (Å²) in [4.78, 5) is 18.4. The van der Waals surface area contributed by atoms with Crippen molar-refractivity contribution >= 4 is 29.0 Å². The van der Waals surface area contributed by atoms with Gasteiger partial charge in [0.1, 0.15) is 5.82 Å². The smallest absolute Gasteiger partial charge is 0.353 e. The van der Waals surface area contributed by atoms with Crippen molar-refractivity contribution in [2.45, 2.75) is 26.3 Å². The second-order valence-corrected chi connectivity index (χ2v) is 4.95. The molecule has 0 aliphatic carbocycles. The lowest BCUT2D eigenvalue weighted by Gasteiger charge is -2.14. The Bertz CT molecular complexity index is 724. The van der Waals surface area contributed by atoms with Gasteiger partial charge >= 0.3 is 5.69 Å². The van der Waals surface area contributed by atoms with Crippen molar-refractivity contribution in [3.05, 3.63) is 40.2 Å². The van der Waals surface area contributed by atoms with Crippen LogP contribution in [0.4, 0.5) is 33.3 Å². The molecule has 4 N–H and O–H groups in total. The van der Waals surface area contributed by atoms with E-state index in [4.69, 9.17) is 5.73 Å². The van der Waals surface area contributed by atoms with Gasteiger partial charge in [0.2, 0.25) is 17.6 Å². The van der Waals surface area contributed by atoms with Crippen LogP contribution in [0, 0.1) is 15.9 Å². The van der Waals surface area contributed by atoms with Crippen LogP contribution < -0.4 is 16.4 Å². The van der Waals surface area contributed by atoms with Gasteiger partial charge in [-0.05, 0) is 25.5 Å². The van der Waals surface area contributed by atoms with Crippen molar-refractivity contribution in [1.82, 2.24) is 9.97 Å². The van der Waals surface area contributed by atoms with Crippen molar-refractivity contribution < 1.29 is 9.31 Å². The van der Waals surface area contributed by atoms with Crippen molar-refractivity contribution in [1.29, 1.82) is 0 Å². The van der Waals surface area contributed by atoms with Gasteiger partial charge in [-0.15, -0.1) is 0 Å². The molecule has 0 aliphatic heterocycles. The third kappa shape index (κ3) is 3.82. The minimum Gasteiger partial charge on any atom is -0.378 e. The van der Waals surface area contributed by atoms with E-state index >= 15 is 0 Å². The van der Waals surface area contributed by atoms with Crippen LogP contribution in [0.2, 0.25) is 0 Å². The molecule has 0 saturated heterocycles. The Morgan fingerprint density at radius 3 is 2.70 bits per heavy atom. The molecular formula is C14H17FN6O2. The van der Waals surface area contributed by atoms with E-state index in [2.05, 4.69) is 20.6 Å². The molecule has 0 spiro atoms. The molecule has 0 fully saturated rings. The summed E-state index contributed by atoms with van der Waals surface area (Å²) in [6.07, 6.45) is 0.802. The van der Waals surface area contributed by atoms with Crippen LogP contribution in [0.3, 0.4) is 0 Å². The SMILES string of the molecule is CC[C@H](C)Nc1nc(N)c([N+](=O)[O-])c(Nc2ccccc2F)n1. The summed E-state index contributed by atoms with van der Waals surface area (Å²) < 4.78 is 13.8. The lowest BCUT2D eigenvalue weighted by Crippen LogP contribution is -2.17. The Hall–Kier alpha value is -2.97. The molecule has 122 valence electrons. The topological polar surface area (TPSA) is 119 Å². The third-order valence-electron chi connectivity index (χ3n) is 3.21. The minimum atomic E-state index is -0.703. The molecule has 0 aliphatic rings. The van der Waals surface area contributed by atoms with Crippen LogP contribution in [0.1, 0.15) is 20.3 Å². The maximum Gasteiger partial charge on any atom is 0.353 e. The molecule has 9 heteroatoms. The van der Waals surface area contributed by atoms with Gasteiger partial charge in [0.15, 0.2) is 0 Å². The van der Waals surface area contributed by atoms with Gasteiger partial charge in [-0.2, -0.15) is 9.97 Å². The zero-order chi connectivity index (χ0) is 17.0. The number of benzene rings is 1. The fraction of sp³-hybridized carbons (Fsp3) is 0.286. The Kier molecular flexibility index (Phi) is 4.89. The molecule has 23 heavy (non-hydrogen) atoms. The number of para-hydroxylation sites is 1. The highest BCUT2D eigenvalue weighted by atomic mass is 19.1. The first-order chi connectivity index (χ1) is 10.9. The molecule has 0 bridgehead atoms. The minimum absolute atomic E-state index is 0.0529. The number of nitrogens with two attached hydrogens (primary N) is 1. The summed E-state index contributed by atoms with van der Waals surface area (Å²) in [5.41, 5.74) is 5.23. The first-order valence-electron chi connectivity index (χ1n) is 7.02. The van der Waals surface area contributed by atoms with Crippen LogP contribution in [-0.4, -0.2) is 20.9 Å². The fourth-order valence-corrected chi connectivity index (χ4v) is 1.82. The van der Waals surface area contributed by atoms with E-state index in [1.807, 2.05) is 13.8 Å². The second kappa shape index (κ2) is 6.86. The third-order valence-corrected chi connectivity index (χ3v) is 3.21. The predicted octanol–water partition coefficient (Wildman–Crippen LogP) is 3.06. The average molecular weight is 320 g/mol. The standard InChI is InChI=1S/C14H17FN6O2/c1-3-8(2)17-14-19-12(16)11(21(22)23)13(20-14)18-10-7-5-4-6-9(10)15/h4-8H,3H2,1-2H3,(H4,16,17,18,19,20)/t8-/m0/s1. The van der Waals surface area contributed by atoms with Gasteiger partial charge in [0, 0.05) is 6.04 Å². The number of aromatic nitrogens is 2. The number of halogens is 1. The van der Waals surface area contributed by atoms with Crippen molar-refractivity contribution in [3.8, 4) is 0 Å². The van der Waals surface area contributed by atoms with E-state index in [1.54, 1.807) is 6.07 Å². The highest BCUT2D eigenvalue weighted by molar-refractivity contribution is 5.74. The van der Waals surface area contributed by atoms with E-state index in [0.717, 1.165) is 6.42 Å². The van der Waals surface area contributed by atoms with Crippen molar-refractivity contribution in [3.63, 3.8) is 0 Å². The second-order valence-electron chi connectivity index (χ2n) is 4.95. The van der Waals surface area contributed by atoms with E-state index in [-0.39, 0.29) is 29.3 Å². The lowest BCUT2D eigenvalue weighted by molar-refractivity contribution is -0.383. The van der Waals surface area contributed by atoms with Crippen LogP contribution in [0.5, 0.6) is 0 Å². The average Bonchev–Trinajstić information content (AvgIpc) is 2.48. The summed E-state index contributed by atoms with van der Waals surface area (Å²) in [7, 11) is 0. The Balaban J connectivity index is 2.46. The summed E-state index contributed by atoms with van der Waals surface area (Å²) >= 11 is 0. The van der Waals surface area contributed by atoms with Gasteiger partial charge in [-0.1, -0.05) is 19.1 Å². The number of nitrogens with one attached hydrogen (secondary N) is 2. The lowest BCUT2D eigenvalue weighted by atomic mass is 10.3. The van der Waals surface area contributed by atoms with Gasteiger partial charge in [0.25, 0.3) is 0 Å². The maximum absolute atomic E-state index is 13.8. The monoisotopic (exact) mass is 320 g/mol. The van der Waals surface area contributed by atoms with Crippen LogP contribution >= 0.6 is 0 Å². The number of hydrogen-bond acceptors (Lipinski definition) is 7. The Labute approximate surface area is 132 Å². The predicted molar refractivity (Wildman–Crippen MR) is 86.2 cm³/mol. The van der Waals surface area contributed by atoms with Gasteiger partial charge in [0.05, 0.1) is 10.6 Å². The Morgan fingerprint density at radius 2 is 2.09 bits per heavy atom. The van der Waals surface area contributed by atoms with Crippen molar-refractivity contribution in [2.75, 3.05) is 16.4 Å². The van der Waals surface area contributed by atoms with E-state index in [0.29, 0.717) is 0 Å². The molecule has 0 amide bonds. The van der Waals surface area contributed by atoms with Crippen LogP contribution in [0.25, 0.3) is 0 Å². The highest BCUT2D eigenvalue weighted by Gasteiger charge is 2.24. The maximum atomic E-state index is 13.8. The highest BCUT2D eigenvalue weighted by Crippen LogP contribution is 2.32. The summed E-state index contributed by atoms with van der Waals surface area (Å²) in [6.45, 7) is 3.87. The molecule has 2 aromatic rings. The van der Waals surface area contributed by atoms with E-state index < -0.39 is 16.4 Å². The number of hydrogen-bond donors (Lipinski definition) is 3. The van der Waals surface area contributed by atoms with Crippen LogP contribution in [-0.2, 0) is 0 Å². The van der Waals surface area contributed by atoms with E-state index in [9.17, 15) is 14.5 Å². The van der Waals surface area contributed by atoms with Gasteiger partial charge in [-0.3, -0.25) is 10.1 Å². The Morgan fingerprint density at radius 1 is 1.39 bits per heavy atom. The van der Waals surface area contributed by atoms with E-state index in [1.165, 1.54) is 18.2 Å². The molecule has 0 radical (unpaired) electrons. The largest absolute Gasteiger partial charge is 0.378 e. The molecule has 0 saturated carbocycles. The number of nitrogens with zero attached hydrogens (tertiary/aromatic N) is 3.